The summed E-state index contributed by atoms with van der Waals surface area (Å²) in [4.78, 5) is 27.1. The zero-order chi connectivity index (χ0) is 23.1. The molecule has 1 aliphatic heterocycles. The number of ether oxygens (including phenoxy) is 3. The monoisotopic (exact) mass is 475 g/mol. The Hall–Kier alpha value is -3.07. The quantitative estimate of drug-likeness (QED) is 0.386. The second-order valence-corrected chi connectivity index (χ2v) is 9.74. The number of aromatic nitrogens is 2. The molecule has 0 atom stereocenters. The molecule has 0 amide bonds. The van der Waals surface area contributed by atoms with E-state index in [9.17, 15) is 4.79 Å². The first-order valence-corrected chi connectivity index (χ1v) is 12.4. The third-order valence-corrected chi connectivity index (χ3v) is 7.69. The Morgan fingerprint density at radius 3 is 2.71 bits per heavy atom. The van der Waals surface area contributed by atoms with Crippen LogP contribution >= 0.6 is 11.3 Å². The van der Waals surface area contributed by atoms with Crippen molar-refractivity contribution in [1.29, 1.82) is 0 Å². The van der Waals surface area contributed by atoms with E-state index < -0.39 is 5.97 Å². The first-order chi connectivity index (χ1) is 16.7. The molecule has 7 nitrogen and oxygen atoms in total. The molecule has 6 rings (SSSR count). The largest absolute Gasteiger partial charge is 0.465 e. The number of benzene rings is 2. The van der Waals surface area contributed by atoms with Crippen LogP contribution in [0.1, 0.15) is 33.0 Å². The summed E-state index contributed by atoms with van der Waals surface area (Å²) in [6.07, 6.45) is 3.20. The van der Waals surface area contributed by atoms with Gasteiger partial charge in [0.1, 0.15) is 22.0 Å². The van der Waals surface area contributed by atoms with Crippen molar-refractivity contribution in [3.63, 3.8) is 0 Å². The summed E-state index contributed by atoms with van der Waals surface area (Å²) < 4.78 is 17.0. The predicted molar refractivity (Wildman–Crippen MR) is 131 cm³/mol. The maximum atomic E-state index is 12.6. The van der Waals surface area contributed by atoms with Gasteiger partial charge in [-0.05, 0) is 47.7 Å². The van der Waals surface area contributed by atoms with Crippen molar-refractivity contribution in [3.8, 4) is 11.6 Å². The summed E-state index contributed by atoms with van der Waals surface area (Å²) in [5, 5.41) is 2.92. The minimum Gasteiger partial charge on any atom is -0.465 e. The Bertz CT molecular complexity index is 1390. The van der Waals surface area contributed by atoms with Crippen LogP contribution in [0.15, 0.2) is 36.4 Å². The van der Waals surface area contributed by atoms with Gasteiger partial charge in [0.15, 0.2) is 0 Å². The van der Waals surface area contributed by atoms with E-state index in [-0.39, 0.29) is 0 Å². The molecule has 0 unspecified atom stereocenters. The number of hydrogen-bond acceptors (Lipinski definition) is 8. The van der Waals surface area contributed by atoms with Gasteiger partial charge < -0.3 is 14.2 Å². The van der Waals surface area contributed by atoms with Gasteiger partial charge in [-0.15, -0.1) is 11.3 Å². The minimum absolute atomic E-state index is 0.384. The maximum Gasteiger partial charge on any atom is 0.341 e. The molecule has 0 N–H and O–H groups in total. The summed E-state index contributed by atoms with van der Waals surface area (Å²) in [6, 6.07) is 11.6. The summed E-state index contributed by atoms with van der Waals surface area (Å²) in [5.41, 5.74) is 1.67. The first kappa shape index (κ1) is 21.5. The van der Waals surface area contributed by atoms with E-state index in [0.717, 1.165) is 72.4 Å². The van der Waals surface area contributed by atoms with Crippen LogP contribution in [0.25, 0.3) is 21.0 Å². The van der Waals surface area contributed by atoms with Crippen LogP contribution in [-0.2, 0) is 28.9 Å². The van der Waals surface area contributed by atoms with E-state index in [1.807, 2.05) is 36.4 Å². The van der Waals surface area contributed by atoms with Gasteiger partial charge in [0.2, 0.25) is 5.88 Å². The van der Waals surface area contributed by atoms with E-state index in [1.165, 1.54) is 17.6 Å². The molecule has 2 aliphatic rings. The molecule has 0 spiro atoms. The standard InChI is InChI=1S/C26H25N3O4S/c1-31-26(30)19-13-16-5-2-3-6-17(16)14-20(19)33-24-23-18-7-4-8-21(18)34-25(23)28-22(27-24)15-29-9-11-32-12-10-29/h2-3,5-6,13-14H,4,7-12,15H2,1H3. The summed E-state index contributed by atoms with van der Waals surface area (Å²) in [6.45, 7) is 3.79. The molecule has 1 fully saturated rings. The van der Waals surface area contributed by atoms with Gasteiger partial charge in [-0.25, -0.2) is 9.78 Å². The van der Waals surface area contributed by atoms with Crippen LogP contribution in [-0.4, -0.2) is 54.3 Å². The molecule has 34 heavy (non-hydrogen) atoms. The molecule has 2 aromatic heterocycles. The fourth-order valence-electron chi connectivity index (χ4n) is 4.79. The molecule has 174 valence electrons. The highest BCUT2D eigenvalue weighted by molar-refractivity contribution is 7.19. The number of esters is 1. The molecule has 4 aromatic rings. The van der Waals surface area contributed by atoms with E-state index in [2.05, 4.69) is 4.90 Å². The molecule has 0 saturated carbocycles. The topological polar surface area (TPSA) is 73.8 Å². The second-order valence-electron chi connectivity index (χ2n) is 8.66. The van der Waals surface area contributed by atoms with Crippen molar-refractivity contribution in [1.82, 2.24) is 14.9 Å². The number of aryl methyl sites for hydroxylation is 2. The highest BCUT2D eigenvalue weighted by Crippen LogP contribution is 2.42. The van der Waals surface area contributed by atoms with Crippen molar-refractivity contribution in [2.75, 3.05) is 33.4 Å². The number of nitrogens with zero attached hydrogens (tertiary/aromatic N) is 3. The number of hydrogen-bond donors (Lipinski definition) is 0. The number of carbonyl (C=O) groups excluding carboxylic acids is 1. The summed E-state index contributed by atoms with van der Waals surface area (Å²) >= 11 is 1.74. The molecule has 3 heterocycles. The van der Waals surface area contributed by atoms with Crippen molar-refractivity contribution in [2.45, 2.75) is 25.8 Å². The van der Waals surface area contributed by atoms with Crippen LogP contribution in [0.2, 0.25) is 0 Å². The lowest BCUT2D eigenvalue weighted by molar-refractivity contribution is 0.0330. The zero-order valence-corrected chi connectivity index (χ0v) is 19.8. The number of carbonyl (C=O) groups is 1. The number of morpholine rings is 1. The Morgan fingerprint density at radius 2 is 1.91 bits per heavy atom. The number of fused-ring (bicyclic) bond motifs is 4. The lowest BCUT2D eigenvalue weighted by Crippen LogP contribution is -2.36. The third kappa shape index (κ3) is 3.91. The molecular formula is C26H25N3O4S. The Labute approximate surface area is 201 Å². The lowest BCUT2D eigenvalue weighted by Gasteiger charge is -2.25. The van der Waals surface area contributed by atoms with Crippen molar-refractivity contribution >= 4 is 38.3 Å². The van der Waals surface area contributed by atoms with Gasteiger partial charge >= 0.3 is 5.97 Å². The van der Waals surface area contributed by atoms with Gasteiger partial charge in [0, 0.05) is 18.0 Å². The SMILES string of the molecule is COC(=O)c1cc2ccccc2cc1Oc1nc(CN2CCOCC2)nc2sc3c(c12)CCC3. The van der Waals surface area contributed by atoms with Gasteiger partial charge in [-0.1, -0.05) is 24.3 Å². The van der Waals surface area contributed by atoms with Crippen LogP contribution in [0.3, 0.4) is 0 Å². The minimum atomic E-state index is -0.435. The molecule has 0 radical (unpaired) electrons. The van der Waals surface area contributed by atoms with E-state index in [4.69, 9.17) is 24.2 Å². The fraction of sp³-hybridized carbons (Fsp3) is 0.346. The molecule has 1 saturated heterocycles. The lowest BCUT2D eigenvalue weighted by atomic mass is 10.1. The highest BCUT2D eigenvalue weighted by atomic mass is 32.1. The van der Waals surface area contributed by atoms with Crippen LogP contribution in [0, 0.1) is 0 Å². The van der Waals surface area contributed by atoms with Crippen LogP contribution in [0.5, 0.6) is 11.6 Å². The molecule has 0 bridgehead atoms. The van der Waals surface area contributed by atoms with E-state index in [1.54, 1.807) is 11.3 Å². The highest BCUT2D eigenvalue weighted by Gasteiger charge is 2.25. The predicted octanol–water partition coefficient (Wildman–Crippen LogP) is 4.74. The van der Waals surface area contributed by atoms with Crippen LogP contribution in [0.4, 0.5) is 0 Å². The normalized spacial score (nSPS) is 16.1. The summed E-state index contributed by atoms with van der Waals surface area (Å²) in [5.74, 6) is 1.26. The number of rotatable bonds is 5. The fourth-order valence-corrected chi connectivity index (χ4v) is 6.06. The molecule has 1 aliphatic carbocycles. The van der Waals surface area contributed by atoms with Crippen molar-refractivity contribution in [2.24, 2.45) is 0 Å². The Morgan fingerprint density at radius 1 is 1.12 bits per heavy atom. The van der Waals surface area contributed by atoms with Gasteiger partial charge in [0.05, 0.1) is 32.3 Å². The average molecular weight is 476 g/mol. The second kappa shape index (κ2) is 8.94. The molecular weight excluding hydrogens is 450 g/mol. The first-order valence-electron chi connectivity index (χ1n) is 11.6. The third-order valence-electron chi connectivity index (χ3n) is 6.51. The van der Waals surface area contributed by atoms with Crippen molar-refractivity contribution in [3.05, 3.63) is 58.2 Å². The maximum absolute atomic E-state index is 12.6. The van der Waals surface area contributed by atoms with E-state index >= 15 is 0 Å². The van der Waals surface area contributed by atoms with Crippen LogP contribution < -0.4 is 4.74 Å². The zero-order valence-electron chi connectivity index (χ0n) is 19.0. The van der Waals surface area contributed by atoms with E-state index in [0.29, 0.717) is 23.7 Å². The van der Waals surface area contributed by atoms with Gasteiger partial charge in [0.25, 0.3) is 0 Å². The molecule has 8 heteroatoms. The Kier molecular flexibility index (Phi) is 5.64. The number of thiophene rings is 1. The smallest absolute Gasteiger partial charge is 0.341 e. The van der Waals surface area contributed by atoms with Gasteiger partial charge in [-0.2, -0.15) is 4.98 Å². The molecule has 2 aromatic carbocycles. The average Bonchev–Trinajstić information content (AvgIpc) is 3.45. The van der Waals surface area contributed by atoms with Gasteiger partial charge in [-0.3, -0.25) is 4.90 Å². The van der Waals surface area contributed by atoms with Crippen molar-refractivity contribution < 1.29 is 19.0 Å². The summed E-state index contributed by atoms with van der Waals surface area (Å²) in [7, 11) is 1.39. The number of methoxy groups -OCH3 is 1. The Balaban J connectivity index is 1.47.